The summed E-state index contributed by atoms with van der Waals surface area (Å²) in [5.41, 5.74) is 2.87. The zero-order chi connectivity index (χ0) is 14.7. The third kappa shape index (κ3) is 2.74. The lowest BCUT2D eigenvalue weighted by atomic mass is 10.2. The van der Waals surface area contributed by atoms with Crippen molar-refractivity contribution < 1.29 is 9.21 Å². The third-order valence-electron chi connectivity index (χ3n) is 2.93. The smallest absolute Gasteiger partial charge is 0.238 e. The zero-order valence-corrected chi connectivity index (χ0v) is 11.0. The number of oxazole rings is 1. The largest absolute Gasteiger partial charge is 0.436 e. The molecule has 0 fully saturated rings. The molecule has 2 aromatic carbocycles. The number of fused-ring (bicyclic) bond motifs is 1. The van der Waals surface area contributed by atoms with Crippen LogP contribution >= 0.6 is 0 Å². The summed E-state index contributed by atoms with van der Waals surface area (Å²) in [6.45, 7) is 0. The van der Waals surface area contributed by atoms with Crippen LogP contribution in [-0.4, -0.2) is 10.9 Å². The third-order valence-corrected chi connectivity index (χ3v) is 2.93. The van der Waals surface area contributed by atoms with Crippen molar-refractivity contribution in [2.75, 3.05) is 5.32 Å². The molecule has 0 saturated carbocycles. The van der Waals surface area contributed by atoms with Crippen LogP contribution in [0.1, 0.15) is 6.42 Å². The van der Waals surface area contributed by atoms with E-state index in [1.165, 1.54) is 0 Å². The summed E-state index contributed by atoms with van der Waals surface area (Å²) < 4.78 is 5.69. The Hall–Kier alpha value is -3.13. The minimum absolute atomic E-state index is 0.173. The maximum Gasteiger partial charge on any atom is 0.238 e. The normalized spacial score (nSPS) is 10.2. The Bertz CT molecular complexity index is 813. The number of nitrogens with one attached hydrogen (secondary N) is 1. The van der Waals surface area contributed by atoms with Crippen molar-refractivity contribution in [1.29, 1.82) is 5.26 Å². The molecule has 21 heavy (non-hydrogen) atoms. The summed E-state index contributed by atoms with van der Waals surface area (Å²) >= 11 is 0. The monoisotopic (exact) mass is 277 g/mol. The molecule has 1 amide bonds. The fraction of sp³-hybridized carbons (Fsp3) is 0.0625. The van der Waals surface area contributed by atoms with Gasteiger partial charge in [-0.1, -0.05) is 18.2 Å². The summed E-state index contributed by atoms with van der Waals surface area (Å²) in [5, 5.41) is 11.1. The fourth-order valence-corrected chi connectivity index (χ4v) is 2.00. The van der Waals surface area contributed by atoms with Crippen LogP contribution in [0.25, 0.3) is 22.6 Å². The maximum absolute atomic E-state index is 11.4. The van der Waals surface area contributed by atoms with E-state index in [4.69, 9.17) is 9.68 Å². The number of benzene rings is 2. The number of rotatable bonds is 3. The van der Waals surface area contributed by atoms with E-state index in [1.54, 1.807) is 18.2 Å². The Morgan fingerprint density at radius 2 is 2.10 bits per heavy atom. The van der Waals surface area contributed by atoms with Gasteiger partial charge in [0.1, 0.15) is 11.9 Å². The topological polar surface area (TPSA) is 78.9 Å². The quantitative estimate of drug-likeness (QED) is 0.796. The second-order valence-electron chi connectivity index (χ2n) is 4.45. The van der Waals surface area contributed by atoms with Crippen LogP contribution in [0.5, 0.6) is 0 Å². The first kappa shape index (κ1) is 12.9. The highest BCUT2D eigenvalue weighted by molar-refractivity contribution is 5.92. The minimum atomic E-state index is -0.341. The van der Waals surface area contributed by atoms with Crippen LogP contribution in [0, 0.1) is 11.3 Å². The number of amides is 1. The molecule has 3 aromatic rings. The molecular formula is C16H11N3O2. The van der Waals surface area contributed by atoms with Gasteiger partial charge in [0.05, 0.1) is 6.07 Å². The van der Waals surface area contributed by atoms with Crippen molar-refractivity contribution in [2.24, 2.45) is 0 Å². The number of aromatic nitrogens is 1. The van der Waals surface area contributed by atoms with E-state index in [-0.39, 0.29) is 12.3 Å². The highest BCUT2D eigenvalue weighted by Crippen LogP contribution is 2.25. The Morgan fingerprint density at radius 3 is 2.90 bits per heavy atom. The average molecular weight is 277 g/mol. The molecule has 3 rings (SSSR count). The van der Waals surface area contributed by atoms with Gasteiger partial charge in [-0.05, 0) is 30.3 Å². The van der Waals surface area contributed by atoms with Gasteiger partial charge in [-0.15, -0.1) is 0 Å². The van der Waals surface area contributed by atoms with Crippen molar-refractivity contribution in [3.8, 4) is 17.5 Å². The first-order valence-corrected chi connectivity index (χ1v) is 6.39. The summed E-state index contributed by atoms with van der Waals surface area (Å²) in [4.78, 5) is 15.8. The second-order valence-corrected chi connectivity index (χ2v) is 4.45. The van der Waals surface area contributed by atoms with E-state index in [9.17, 15) is 4.79 Å². The number of hydrogen-bond donors (Lipinski definition) is 1. The van der Waals surface area contributed by atoms with Crippen molar-refractivity contribution in [1.82, 2.24) is 4.98 Å². The Kier molecular flexibility index (Phi) is 3.36. The molecule has 0 saturated heterocycles. The summed E-state index contributed by atoms with van der Waals surface area (Å²) in [6.07, 6.45) is -0.173. The van der Waals surface area contributed by atoms with Crippen molar-refractivity contribution >= 4 is 22.7 Å². The second kappa shape index (κ2) is 5.47. The zero-order valence-electron chi connectivity index (χ0n) is 11.0. The highest BCUT2D eigenvalue weighted by atomic mass is 16.3. The van der Waals surface area contributed by atoms with Crippen LogP contribution in [0.3, 0.4) is 0 Å². The van der Waals surface area contributed by atoms with Gasteiger partial charge in [-0.2, -0.15) is 5.26 Å². The highest BCUT2D eigenvalue weighted by Gasteiger charge is 2.09. The number of carbonyl (C=O) groups is 1. The van der Waals surface area contributed by atoms with Gasteiger partial charge in [-0.3, -0.25) is 4.79 Å². The van der Waals surface area contributed by atoms with Crippen LogP contribution in [0.2, 0.25) is 0 Å². The molecule has 0 spiro atoms. The van der Waals surface area contributed by atoms with Crippen LogP contribution in [-0.2, 0) is 4.79 Å². The predicted octanol–water partition coefficient (Wildman–Crippen LogP) is 3.35. The molecule has 1 aromatic heterocycles. The number of nitrogens with zero attached hydrogens (tertiary/aromatic N) is 2. The molecule has 0 atom stereocenters. The summed E-state index contributed by atoms with van der Waals surface area (Å²) in [7, 11) is 0. The molecule has 1 N–H and O–H groups in total. The molecule has 0 aliphatic carbocycles. The number of para-hydroxylation sites is 2. The van der Waals surface area contributed by atoms with Crippen LogP contribution < -0.4 is 5.32 Å². The number of hydrogen-bond acceptors (Lipinski definition) is 4. The van der Waals surface area contributed by atoms with Gasteiger partial charge in [-0.25, -0.2) is 4.98 Å². The molecule has 0 aliphatic heterocycles. The lowest BCUT2D eigenvalue weighted by Crippen LogP contribution is -2.09. The first-order valence-electron chi connectivity index (χ1n) is 6.39. The number of nitriles is 1. The van der Waals surface area contributed by atoms with E-state index < -0.39 is 0 Å². The summed E-state index contributed by atoms with van der Waals surface area (Å²) in [6, 6.07) is 16.5. The van der Waals surface area contributed by atoms with Crippen LogP contribution in [0.15, 0.2) is 52.9 Å². The van der Waals surface area contributed by atoms with Gasteiger partial charge in [0.15, 0.2) is 5.58 Å². The lowest BCUT2D eigenvalue weighted by molar-refractivity contribution is -0.115. The van der Waals surface area contributed by atoms with Gasteiger partial charge in [0, 0.05) is 11.3 Å². The summed E-state index contributed by atoms with van der Waals surface area (Å²) in [5.74, 6) is 0.153. The van der Waals surface area contributed by atoms with E-state index in [0.29, 0.717) is 17.2 Å². The molecule has 0 aliphatic rings. The predicted molar refractivity (Wildman–Crippen MR) is 78.3 cm³/mol. The van der Waals surface area contributed by atoms with Crippen molar-refractivity contribution in [3.63, 3.8) is 0 Å². The SMILES string of the molecule is N#CCC(=O)Nc1cccc(-c2nc3ccccc3o2)c1. The molecule has 5 nitrogen and oxygen atoms in total. The van der Waals surface area contributed by atoms with Gasteiger partial charge >= 0.3 is 0 Å². The Balaban J connectivity index is 1.92. The van der Waals surface area contributed by atoms with Crippen molar-refractivity contribution in [2.45, 2.75) is 6.42 Å². The Morgan fingerprint density at radius 1 is 1.24 bits per heavy atom. The van der Waals surface area contributed by atoms with Gasteiger partial charge < -0.3 is 9.73 Å². The maximum atomic E-state index is 11.4. The molecular weight excluding hydrogens is 266 g/mol. The molecule has 102 valence electrons. The van der Waals surface area contributed by atoms with E-state index in [2.05, 4.69) is 10.3 Å². The van der Waals surface area contributed by atoms with Gasteiger partial charge in [0.25, 0.3) is 0 Å². The van der Waals surface area contributed by atoms with E-state index in [0.717, 1.165) is 11.1 Å². The lowest BCUT2D eigenvalue weighted by Gasteiger charge is -2.03. The number of carbonyl (C=O) groups excluding carboxylic acids is 1. The van der Waals surface area contributed by atoms with E-state index in [1.807, 2.05) is 36.4 Å². The fourth-order valence-electron chi connectivity index (χ4n) is 2.00. The molecule has 0 unspecified atom stereocenters. The molecule has 0 radical (unpaired) electrons. The van der Waals surface area contributed by atoms with Crippen LogP contribution in [0.4, 0.5) is 5.69 Å². The first-order chi connectivity index (χ1) is 10.3. The van der Waals surface area contributed by atoms with E-state index >= 15 is 0 Å². The minimum Gasteiger partial charge on any atom is -0.436 e. The molecule has 1 heterocycles. The molecule has 5 heteroatoms. The average Bonchev–Trinajstić information content (AvgIpc) is 2.91. The van der Waals surface area contributed by atoms with Crippen molar-refractivity contribution in [3.05, 3.63) is 48.5 Å². The Labute approximate surface area is 120 Å². The standard InChI is InChI=1S/C16H11N3O2/c17-9-8-15(20)18-12-5-3-4-11(10-12)16-19-13-6-1-2-7-14(13)21-16/h1-7,10H,8H2,(H,18,20). The van der Waals surface area contributed by atoms with Gasteiger partial charge in [0.2, 0.25) is 11.8 Å². The number of anilines is 1. The molecule has 0 bridgehead atoms.